The summed E-state index contributed by atoms with van der Waals surface area (Å²) in [5.74, 6) is 0.684. The molecular formula is C57H38N4. The maximum Gasteiger partial charge on any atom is 0.160 e. The number of aromatic nitrogens is 4. The highest BCUT2D eigenvalue weighted by Crippen LogP contribution is 2.42. The second-order valence-corrected chi connectivity index (χ2v) is 15.3. The minimum absolute atomic E-state index is 0.684. The van der Waals surface area contributed by atoms with Gasteiger partial charge < -0.3 is 0 Å². The number of benzene rings is 8. The molecule has 11 aromatic rings. The Morgan fingerprint density at radius 2 is 0.738 bits per heavy atom. The molecule has 0 N–H and O–H groups in total. The largest absolute Gasteiger partial charge is 0.231 e. The summed E-state index contributed by atoms with van der Waals surface area (Å²) in [6.45, 7) is 0. The predicted molar refractivity (Wildman–Crippen MR) is 252 cm³/mol. The first kappa shape index (κ1) is 35.9. The second kappa shape index (κ2) is 15.5. The number of fused-ring (bicyclic) bond motifs is 3. The van der Waals surface area contributed by atoms with Crippen LogP contribution in [0.5, 0.6) is 0 Å². The SMILES string of the molecule is c1ccc(-c2ccc(-c3cc(-c4ccccc4)nc(-c4ccc(-c5ccc6cc(-c7ccccc7)n7nc(-c8ccccc8)c(-c8ccccc8)c7c6c5)cc4)n3)cc2)cc1. The van der Waals surface area contributed by atoms with Crippen molar-refractivity contribution in [2.24, 2.45) is 0 Å². The van der Waals surface area contributed by atoms with E-state index < -0.39 is 0 Å². The molecule has 0 saturated carbocycles. The zero-order valence-corrected chi connectivity index (χ0v) is 33.2. The third-order valence-corrected chi connectivity index (χ3v) is 11.5. The third kappa shape index (κ3) is 6.86. The molecule has 0 fully saturated rings. The van der Waals surface area contributed by atoms with Crippen LogP contribution in [0.3, 0.4) is 0 Å². The Kier molecular flexibility index (Phi) is 9.14. The highest BCUT2D eigenvalue weighted by atomic mass is 15.2. The first-order valence-electron chi connectivity index (χ1n) is 20.6. The molecule has 4 heteroatoms. The second-order valence-electron chi connectivity index (χ2n) is 15.3. The minimum atomic E-state index is 0.684. The number of rotatable bonds is 8. The zero-order chi connectivity index (χ0) is 40.5. The Balaban J connectivity index is 1.03. The highest BCUT2D eigenvalue weighted by Gasteiger charge is 2.22. The lowest BCUT2D eigenvalue weighted by Gasteiger charge is -2.13. The van der Waals surface area contributed by atoms with E-state index in [0.29, 0.717) is 5.82 Å². The van der Waals surface area contributed by atoms with E-state index in [1.165, 1.54) is 11.1 Å². The van der Waals surface area contributed by atoms with Gasteiger partial charge in [0.25, 0.3) is 0 Å². The molecule has 0 aliphatic heterocycles. The van der Waals surface area contributed by atoms with Gasteiger partial charge in [0.05, 0.1) is 22.6 Å². The number of hydrogen-bond acceptors (Lipinski definition) is 3. The first-order valence-corrected chi connectivity index (χ1v) is 20.6. The van der Waals surface area contributed by atoms with Crippen molar-refractivity contribution in [2.75, 3.05) is 0 Å². The highest BCUT2D eigenvalue weighted by molar-refractivity contribution is 6.09. The maximum absolute atomic E-state index is 5.41. The Morgan fingerprint density at radius 1 is 0.311 bits per heavy atom. The Hall–Kier alpha value is -8.21. The lowest BCUT2D eigenvalue weighted by atomic mass is 9.95. The van der Waals surface area contributed by atoms with Gasteiger partial charge in [0.1, 0.15) is 5.69 Å². The summed E-state index contributed by atoms with van der Waals surface area (Å²) in [6, 6.07) is 80.9. The Bertz CT molecular complexity index is 3290. The molecule has 0 saturated heterocycles. The van der Waals surface area contributed by atoms with Gasteiger partial charge in [-0.2, -0.15) is 5.10 Å². The first-order chi connectivity index (χ1) is 30.2. The van der Waals surface area contributed by atoms with Crippen LogP contribution in [0.2, 0.25) is 0 Å². The lowest BCUT2D eigenvalue weighted by molar-refractivity contribution is 0.979. The van der Waals surface area contributed by atoms with Crippen LogP contribution in [0.15, 0.2) is 231 Å². The zero-order valence-electron chi connectivity index (χ0n) is 33.2. The molecule has 0 spiro atoms. The van der Waals surface area contributed by atoms with Gasteiger partial charge in [-0.3, -0.25) is 0 Å². The number of hydrogen-bond donors (Lipinski definition) is 0. The lowest BCUT2D eigenvalue weighted by Crippen LogP contribution is -1.96. The summed E-state index contributed by atoms with van der Waals surface area (Å²) in [5.41, 5.74) is 16.9. The van der Waals surface area contributed by atoms with E-state index in [1.807, 2.05) is 12.1 Å². The Morgan fingerprint density at radius 3 is 1.33 bits per heavy atom. The van der Waals surface area contributed by atoms with Crippen LogP contribution in [0.4, 0.5) is 0 Å². The third-order valence-electron chi connectivity index (χ3n) is 11.5. The van der Waals surface area contributed by atoms with E-state index in [4.69, 9.17) is 15.1 Å². The molecule has 286 valence electrons. The topological polar surface area (TPSA) is 43.1 Å². The molecule has 8 aromatic carbocycles. The maximum atomic E-state index is 5.41. The van der Waals surface area contributed by atoms with Crippen LogP contribution >= 0.6 is 0 Å². The van der Waals surface area contributed by atoms with Crippen LogP contribution in [0, 0.1) is 0 Å². The molecule has 0 bridgehead atoms. The van der Waals surface area contributed by atoms with Gasteiger partial charge in [0.2, 0.25) is 0 Å². The van der Waals surface area contributed by atoms with Crippen LogP contribution in [-0.4, -0.2) is 19.6 Å². The summed E-state index contributed by atoms with van der Waals surface area (Å²) in [6.07, 6.45) is 0. The summed E-state index contributed by atoms with van der Waals surface area (Å²) in [7, 11) is 0. The van der Waals surface area contributed by atoms with Crippen LogP contribution in [0.25, 0.3) is 106 Å². The average Bonchev–Trinajstić information content (AvgIpc) is 3.76. The monoisotopic (exact) mass is 778 g/mol. The van der Waals surface area contributed by atoms with E-state index in [9.17, 15) is 0 Å². The molecule has 3 heterocycles. The van der Waals surface area contributed by atoms with Gasteiger partial charge in [-0.05, 0) is 51.4 Å². The number of nitrogens with zero attached hydrogens (tertiary/aromatic N) is 4. The van der Waals surface area contributed by atoms with Gasteiger partial charge in [-0.15, -0.1) is 0 Å². The standard InChI is InChI=1S/C57H38N4/c1-6-16-39(17-7-1)40-26-30-43(31-27-40)52-38-51(42-18-8-2-9-19-42)58-57(59-52)47-32-28-41(29-33-47)48-34-35-49-37-53(44-20-10-3-11-21-44)61-56(50(49)36-48)54(45-22-12-4-13-23-45)55(60-61)46-24-14-5-15-25-46/h1-38H. The molecule has 0 unspecified atom stereocenters. The van der Waals surface area contributed by atoms with Crippen molar-refractivity contribution in [3.63, 3.8) is 0 Å². The fraction of sp³-hybridized carbons (Fsp3) is 0. The van der Waals surface area contributed by atoms with Crippen molar-refractivity contribution in [2.45, 2.75) is 0 Å². The normalized spacial score (nSPS) is 11.3. The van der Waals surface area contributed by atoms with Crippen molar-refractivity contribution in [1.29, 1.82) is 0 Å². The Labute approximate surface area is 354 Å². The minimum Gasteiger partial charge on any atom is -0.231 e. The van der Waals surface area contributed by atoms with E-state index in [2.05, 4.69) is 223 Å². The van der Waals surface area contributed by atoms with E-state index >= 15 is 0 Å². The van der Waals surface area contributed by atoms with Gasteiger partial charge in [-0.25, -0.2) is 14.5 Å². The molecule has 11 rings (SSSR count). The molecule has 0 amide bonds. The fourth-order valence-electron chi connectivity index (χ4n) is 8.36. The van der Waals surface area contributed by atoms with E-state index in [1.54, 1.807) is 0 Å². The van der Waals surface area contributed by atoms with Gasteiger partial charge in [0.15, 0.2) is 5.82 Å². The van der Waals surface area contributed by atoms with Crippen molar-refractivity contribution < 1.29 is 0 Å². The van der Waals surface area contributed by atoms with Crippen molar-refractivity contribution in [3.05, 3.63) is 231 Å². The van der Waals surface area contributed by atoms with Crippen LogP contribution in [0.1, 0.15) is 0 Å². The molecule has 61 heavy (non-hydrogen) atoms. The number of pyridine rings is 1. The summed E-state index contributed by atoms with van der Waals surface area (Å²) in [4.78, 5) is 10.3. The van der Waals surface area contributed by atoms with E-state index in [0.717, 1.165) is 89.1 Å². The summed E-state index contributed by atoms with van der Waals surface area (Å²) >= 11 is 0. The smallest absolute Gasteiger partial charge is 0.160 e. The molecule has 3 aromatic heterocycles. The predicted octanol–water partition coefficient (Wildman–Crippen LogP) is 14.6. The molecular weight excluding hydrogens is 741 g/mol. The van der Waals surface area contributed by atoms with Gasteiger partial charge in [-0.1, -0.05) is 212 Å². The molecule has 4 nitrogen and oxygen atoms in total. The van der Waals surface area contributed by atoms with Gasteiger partial charge >= 0.3 is 0 Å². The van der Waals surface area contributed by atoms with Gasteiger partial charge in [0, 0.05) is 38.8 Å². The van der Waals surface area contributed by atoms with Crippen LogP contribution < -0.4 is 0 Å². The summed E-state index contributed by atoms with van der Waals surface area (Å²) < 4.78 is 2.15. The molecule has 0 aliphatic carbocycles. The summed E-state index contributed by atoms with van der Waals surface area (Å²) in [5, 5.41) is 7.70. The van der Waals surface area contributed by atoms with Crippen molar-refractivity contribution in [3.8, 4) is 89.8 Å². The average molecular weight is 779 g/mol. The van der Waals surface area contributed by atoms with Crippen molar-refractivity contribution >= 4 is 16.3 Å². The fourth-order valence-corrected chi connectivity index (χ4v) is 8.36. The van der Waals surface area contributed by atoms with Crippen LogP contribution in [-0.2, 0) is 0 Å². The molecule has 0 atom stereocenters. The molecule has 0 radical (unpaired) electrons. The molecule has 0 aliphatic rings. The quantitative estimate of drug-likeness (QED) is 0.154. The van der Waals surface area contributed by atoms with Crippen molar-refractivity contribution in [1.82, 2.24) is 19.6 Å². The van der Waals surface area contributed by atoms with E-state index in [-0.39, 0.29) is 0 Å².